The van der Waals surface area contributed by atoms with Gasteiger partial charge in [0.15, 0.2) is 0 Å². The molecular formula is C14H18N2O2S. The molecule has 0 aromatic heterocycles. The minimum absolute atomic E-state index is 0.00705. The highest BCUT2D eigenvalue weighted by Crippen LogP contribution is 2.17. The van der Waals surface area contributed by atoms with Crippen molar-refractivity contribution in [3.63, 3.8) is 0 Å². The van der Waals surface area contributed by atoms with Crippen molar-refractivity contribution in [1.29, 1.82) is 0 Å². The number of hydrogen-bond donors (Lipinski definition) is 2. The maximum absolute atomic E-state index is 12.2. The molecule has 1 aromatic rings. The molecule has 2 N–H and O–H groups in total. The lowest BCUT2D eigenvalue weighted by Crippen LogP contribution is -2.39. The first-order valence-corrected chi connectivity index (χ1v) is 8.19. The van der Waals surface area contributed by atoms with Crippen LogP contribution in [0.4, 0.5) is 0 Å². The molecule has 0 aliphatic carbocycles. The summed E-state index contributed by atoms with van der Waals surface area (Å²) in [5.74, 6) is 1.41. The van der Waals surface area contributed by atoms with Gasteiger partial charge in [0.25, 0.3) is 5.91 Å². The van der Waals surface area contributed by atoms with Crippen molar-refractivity contribution in [3.8, 4) is 0 Å². The highest BCUT2D eigenvalue weighted by atomic mass is 32.2. The zero-order valence-corrected chi connectivity index (χ0v) is 11.6. The summed E-state index contributed by atoms with van der Waals surface area (Å²) in [5.41, 5.74) is 3.23. The number of fused-ring (bicyclic) bond motifs is 1. The van der Waals surface area contributed by atoms with Crippen LogP contribution in [0.3, 0.4) is 0 Å². The molecule has 3 rings (SSSR count). The lowest BCUT2D eigenvalue weighted by molar-refractivity contribution is 0.0934. The van der Waals surface area contributed by atoms with Crippen molar-refractivity contribution in [1.82, 2.24) is 10.6 Å². The lowest BCUT2D eigenvalue weighted by Gasteiger charge is -2.22. The molecule has 1 saturated heterocycles. The number of carbonyl (C=O) groups is 1. The quantitative estimate of drug-likeness (QED) is 0.846. The number of benzene rings is 1. The molecule has 102 valence electrons. The van der Waals surface area contributed by atoms with Crippen LogP contribution in [0.1, 0.15) is 34.3 Å². The Balaban J connectivity index is 1.65. The van der Waals surface area contributed by atoms with E-state index in [0.717, 1.165) is 31.5 Å². The third-order valence-corrected chi connectivity index (χ3v) is 5.20. The van der Waals surface area contributed by atoms with E-state index in [2.05, 4.69) is 10.6 Å². The van der Waals surface area contributed by atoms with Gasteiger partial charge in [-0.2, -0.15) is 0 Å². The second-order valence-electron chi connectivity index (χ2n) is 5.18. The van der Waals surface area contributed by atoms with Crippen LogP contribution in [0.25, 0.3) is 0 Å². The van der Waals surface area contributed by atoms with Crippen molar-refractivity contribution >= 4 is 16.7 Å². The summed E-state index contributed by atoms with van der Waals surface area (Å²) >= 11 is 0. The predicted octanol–water partition coefficient (Wildman–Crippen LogP) is 0.931. The van der Waals surface area contributed by atoms with Gasteiger partial charge in [0.2, 0.25) is 0 Å². The highest BCUT2D eigenvalue weighted by Gasteiger charge is 2.20. The predicted molar refractivity (Wildman–Crippen MR) is 75.4 cm³/mol. The Kier molecular flexibility index (Phi) is 3.66. The fourth-order valence-electron chi connectivity index (χ4n) is 2.64. The van der Waals surface area contributed by atoms with Gasteiger partial charge in [0.05, 0.1) is 0 Å². The van der Waals surface area contributed by atoms with Crippen LogP contribution in [0, 0.1) is 0 Å². The zero-order valence-electron chi connectivity index (χ0n) is 10.8. The summed E-state index contributed by atoms with van der Waals surface area (Å²) in [5, 5.41) is 6.33. The first-order chi connectivity index (χ1) is 9.22. The minimum Gasteiger partial charge on any atom is -0.349 e. The van der Waals surface area contributed by atoms with Gasteiger partial charge in [-0.3, -0.25) is 9.00 Å². The van der Waals surface area contributed by atoms with Crippen LogP contribution in [-0.4, -0.2) is 27.7 Å². The Hall–Kier alpha value is -1.20. The molecule has 0 spiro atoms. The van der Waals surface area contributed by atoms with E-state index in [1.54, 1.807) is 0 Å². The Morgan fingerprint density at radius 2 is 1.95 bits per heavy atom. The van der Waals surface area contributed by atoms with Gasteiger partial charge < -0.3 is 10.6 Å². The van der Waals surface area contributed by atoms with Gasteiger partial charge in [-0.1, -0.05) is 6.07 Å². The fraction of sp³-hybridized carbons (Fsp3) is 0.500. The van der Waals surface area contributed by atoms with E-state index in [4.69, 9.17) is 0 Å². The van der Waals surface area contributed by atoms with Crippen molar-refractivity contribution in [3.05, 3.63) is 34.9 Å². The summed E-state index contributed by atoms with van der Waals surface area (Å²) in [6.07, 6.45) is 1.65. The summed E-state index contributed by atoms with van der Waals surface area (Å²) in [6.45, 7) is 1.74. The monoisotopic (exact) mass is 278 g/mol. The average Bonchev–Trinajstić information content (AvgIpc) is 2.88. The molecule has 1 amide bonds. The maximum Gasteiger partial charge on any atom is 0.251 e. The molecule has 5 heteroatoms. The molecule has 1 fully saturated rings. The molecule has 0 saturated carbocycles. The van der Waals surface area contributed by atoms with Gasteiger partial charge in [-0.05, 0) is 36.1 Å². The summed E-state index contributed by atoms with van der Waals surface area (Å²) in [7, 11) is -0.680. The van der Waals surface area contributed by atoms with E-state index in [1.807, 2.05) is 18.2 Å². The van der Waals surface area contributed by atoms with Crippen LogP contribution in [-0.2, 0) is 23.9 Å². The number of nitrogens with one attached hydrogen (secondary N) is 2. The van der Waals surface area contributed by atoms with E-state index in [-0.39, 0.29) is 11.9 Å². The van der Waals surface area contributed by atoms with Crippen molar-refractivity contribution in [2.24, 2.45) is 0 Å². The SMILES string of the molecule is O=C(NC1CCS(=O)CC1)c1ccc2c(c1)CNC2. The van der Waals surface area contributed by atoms with Crippen LogP contribution < -0.4 is 10.6 Å². The lowest BCUT2D eigenvalue weighted by atomic mass is 10.1. The summed E-state index contributed by atoms with van der Waals surface area (Å²) < 4.78 is 11.3. The molecule has 0 unspecified atom stereocenters. The Morgan fingerprint density at radius 1 is 1.21 bits per heavy atom. The van der Waals surface area contributed by atoms with Crippen molar-refractivity contribution in [2.75, 3.05) is 11.5 Å². The summed E-state index contributed by atoms with van der Waals surface area (Å²) in [6, 6.07) is 6.07. The maximum atomic E-state index is 12.2. The average molecular weight is 278 g/mol. The second kappa shape index (κ2) is 5.43. The van der Waals surface area contributed by atoms with E-state index in [9.17, 15) is 9.00 Å². The molecule has 1 aromatic carbocycles. The zero-order chi connectivity index (χ0) is 13.2. The molecule has 0 atom stereocenters. The first kappa shape index (κ1) is 12.8. The Labute approximate surface area is 115 Å². The van der Waals surface area contributed by atoms with Gasteiger partial charge in [0.1, 0.15) is 0 Å². The highest BCUT2D eigenvalue weighted by molar-refractivity contribution is 7.85. The van der Waals surface area contributed by atoms with E-state index < -0.39 is 10.8 Å². The number of amides is 1. The number of hydrogen-bond acceptors (Lipinski definition) is 3. The van der Waals surface area contributed by atoms with Gasteiger partial charge >= 0.3 is 0 Å². The van der Waals surface area contributed by atoms with Crippen LogP contribution >= 0.6 is 0 Å². The fourth-order valence-corrected chi connectivity index (χ4v) is 3.94. The Bertz CT molecular complexity index is 520. The molecule has 4 nitrogen and oxygen atoms in total. The normalized spacial score (nSPS) is 25.9. The number of rotatable bonds is 2. The standard InChI is InChI=1S/C14H18N2O2S/c17-14(16-13-3-5-19(18)6-4-13)10-1-2-11-8-15-9-12(11)7-10/h1-2,7,13,15H,3-6,8-9H2,(H,16,17). The topological polar surface area (TPSA) is 58.2 Å². The molecule has 0 bridgehead atoms. The van der Waals surface area contributed by atoms with Gasteiger partial charge in [-0.15, -0.1) is 0 Å². The third-order valence-electron chi connectivity index (χ3n) is 3.82. The second-order valence-corrected chi connectivity index (χ2v) is 6.88. The van der Waals surface area contributed by atoms with Crippen LogP contribution in [0.15, 0.2) is 18.2 Å². The first-order valence-electron chi connectivity index (χ1n) is 6.71. The minimum atomic E-state index is -0.680. The molecule has 0 radical (unpaired) electrons. The molecular weight excluding hydrogens is 260 g/mol. The van der Waals surface area contributed by atoms with Crippen LogP contribution in [0.5, 0.6) is 0 Å². The smallest absolute Gasteiger partial charge is 0.251 e. The molecule has 19 heavy (non-hydrogen) atoms. The molecule has 2 aliphatic heterocycles. The molecule has 2 heterocycles. The van der Waals surface area contributed by atoms with Crippen molar-refractivity contribution in [2.45, 2.75) is 32.0 Å². The summed E-state index contributed by atoms with van der Waals surface area (Å²) in [4.78, 5) is 12.2. The largest absolute Gasteiger partial charge is 0.349 e. The molecule has 2 aliphatic rings. The number of carbonyl (C=O) groups excluding carboxylic acids is 1. The van der Waals surface area contributed by atoms with Gasteiger partial charge in [0, 0.05) is 47.0 Å². The van der Waals surface area contributed by atoms with E-state index in [0.29, 0.717) is 11.5 Å². The van der Waals surface area contributed by atoms with Crippen molar-refractivity contribution < 1.29 is 9.00 Å². The van der Waals surface area contributed by atoms with Crippen LogP contribution in [0.2, 0.25) is 0 Å². The van der Waals surface area contributed by atoms with E-state index >= 15 is 0 Å². The third kappa shape index (κ3) is 2.87. The Morgan fingerprint density at radius 3 is 2.74 bits per heavy atom. The van der Waals surface area contributed by atoms with E-state index in [1.165, 1.54) is 11.1 Å². The van der Waals surface area contributed by atoms with Gasteiger partial charge in [-0.25, -0.2) is 0 Å².